The molecule has 0 spiro atoms. The summed E-state index contributed by atoms with van der Waals surface area (Å²) in [4.78, 5) is 11.4. The lowest BCUT2D eigenvalue weighted by molar-refractivity contribution is -0.00227. The van der Waals surface area contributed by atoms with Gasteiger partial charge in [-0.2, -0.15) is 0 Å². The zero-order chi connectivity index (χ0) is 17.7. The highest BCUT2D eigenvalue weighted by molar-refractivity contribution is 5.61. The van der Waals surface area contributed by atoms with Crippen LogP contribution in [0.15, 0.2) is 36.4 Å². The van der Waals surface area contributed by atoms with Crippen LogP contribution in [0.25, 0.3) is 11.3 Å². The van der Waals surface area contributed by atoms with Crippen LogP contribution in [0.4, 0.5) is 5.95 Å². The van der Waals surface area contributed by atoms with Gasteiger partial charge in [0.05, 0.1) is 24.4 Å². The van der Waals surface area contributed by atoms with Crippen LogP contribution >= 0.6 is 0 Å². The zero-order valence-electron chi connectivity index (χ0n) is 14.8. The molecule has 1 saturated heterocycles. The minimum atomic E-state index is 0.0808. The Kier molecular flexibility index (Phi) is 3.49. The number of aromatic nitrogens is 5. The predicted octanol–water partition coefficient (Wildman–Crippen LogP) is 2.31. The summed E-state index contributed by atoms with van der Waals surface area (Å²) in [5.41, 5.74) is 4.99. The van der Waals surface area contributed by atoms with Gasteiger partial charge in [-0.3, -0.25) is 0 Å². The quantitative estimate of drug-likeness (QED) is 0.708. The average molecular weight is 348 g/mol. The number of hydrogen-bond acceptors (Lipinski definition) is 6. The van der Waals surface area contributed by atoms with Gasteiger partial charge < -0.3 is 9.64 Å². The number of fused-ring (bicyclic) bond motifs is 3. The maximum atomic E-state index is 6.16. The molecule has 0 aliphatic carbocycles. The Morgan fingerprint density at radius 3 is 2.58 bits per heavy atom. The molecule has 3 aromatic rings. The number of benzene rings is 1. The summed E-state index contributed by atoms with van der Waals surface area (Å²) in [6, 6.07) is 12.3. The fourth-order valence-electron chi connectivity index (χ4n) is 3.89. The molecule has 7 nitrogen and oxygen atoms in total. The van der Waals surface area contributed by atoms with E-state index in [-0.39, 0.29) is 12.1 Å². The van der Waals surface area contributed by atoms with Crippen molar-refractivity contribution in [3.05, 3.63) is 53.5 Å². The standard InChI is InChI=1S/C19H20N6O/c1-12-8-13(2)21-19(20-12)24-9-15-17(10-24)26-11-16-18(22-23-25(15)16)14-6-4-3-5-7-14/h3-8,15,17H,9-11H2,1-2H3/t15-,17?/m1/s1. The fraction of sp³-hybridized carbons (Fsp3) is 0.368. The second kappa shape index (κ2) is 5.88. The molecular weight excluding hydrogens is 328 g/mol. The van der Waals surface area contributed by atoms with Gasteiger partial charge in [-0.1, -0.05) is 35.5 Å². The van der Waals surface area contributed by atoms with Gasteiger partial charge in [-0.05, 0) is 19.9 Å². The molecule has 0 bridgehead atoms. The Bertz CT molecular complexity index is 934. The van der Waals surface area contributed by atoms with Gasteiger partial charge >= 0.3 is 0 Å². The maximum absolute atomic E-state index is 6.16. The number of anilines is 1. The first-order chi connectivity index (χ1) is 12.7. The van der Waals surface area contributed by atoms with Crippen molar-refractivity contribution >= 4 is 5.95 Å². The van der Waals surface area contributed by atoms with Gasteiger partial charge in [0.1, 0.15) is 5.69 Å². The fourth-order valence-corrected chi connectivity index (χ4v) is 3.89. The van der Waals surface area contributed by atoms with Gasteiger partial charge in [-0.25, -0.2) is 14.6 Å². The molecule has 0 amide bonds. The number of rotatable bonds is 2. The summed E-state index contributed by atoms with van der Waals surface area (Å²) < 4.78 is 8.20. The molecule has 1 unspecified atom stereocenters. The van der Waals surface area contributed by atoms with E-state index < -0.39 is 0 Å². The predicted molar refractivity (Wildman–Crippen MR) is 96.8 cm³/mol. The molecule has 0 saturated carbocycles. The number of aryl methyl sites for hydroxylation is 2. The maximum Gasteiger partial charge on any atom is 0.225 e. The van der Waals surface area contributed by atoms with Crippen LogP contribution in [0.5, 0.6) is 0 Å². The van der Waals surface area contributed by atoms with Gasteiger partial charge in [0.15, 0.2) is 0 Å². The lowest BCUT2D eigenvalue weighted by atomic mass is 10.1. The Morgan fingerprint density at radius 1 is 1.04 bits per heavy atom. The van der Waals surface area contributed by atoms with Crippen LogP contribution in [0.2, 0.25) is 0 Å². The first-order valence-corrected chi connectivity index (χ1v) is 8.87. The Balaban J connectivity index is 1.47. The molecule has 2 aliphatic rings. The van der Waals surface area contributed by atoms with Crippen molar-refractivity contribution in [3.63, 3.8) is 0 Å². The Morgan fingerprint density at radius 2 is 1.81 bits per heavy atom. The summed E-state index contributed by atoms with van der Waals surface area (Å²) >= 11 is 0. The molecule has 26 heavy (non-hydrogen) atoms. The smallest absolute Gasteiger partial charge is 0.225 e. The first kappa shape index (κ1) is 15.5. The molecule has 4 heterocycles. The topological polar surface area (TPSA) is 69.0 Å². The lowest BCUT2D eigenvalue weighted by Gasteiger charge is -2.26. The molecule has 132 valence electrons. The minimum absolute atomic E-state index is 0.0808. The third-order valence-electron chi connectivity index (χ3n) is 5.08. The largest absolute Gasteiger partial charge is 0.368 e. The molecule has 2 atom stereocenters. The van der Waals surface area contributed by atoms with Crippen molar-refractivity contribution < 1.29 is 4.74 Å². The first-order valence-electron chi connectivity index (χ1n) is 8.87. The van der Waals surface area contributed by atoms with E-state index in [0.717, 1.165) is 47.4 Å². The molecule has 2 aliphatic heterocycles. The molecule has 2 aromatic heterocycles. The highest BCUT2D eigenvalue weighted by atomic mass is 16.5. The minimum Gasteiger partial charge on any atom is -0.368 e. The highest BCUT2D eigenvalue weighted by Gasteiger charge is 2.41. The number of nitrogens with zero attached hydrogens (tertiary/aromatic N) is 6. The number of ether oxygens (including phenoxy) is 1. The third kappa shape index (κ3) is 2.47. The summed E-state index contributed by atoms with van der Waals surface area (Å²) in [7, 11) is 0. The van der Waals surface area contributed by atoms with E-state index in [0.29, 0.717) is 6.61 Å². The van der Waals surface area contributed by atoms with Crippen molar-refractivity contribution in [1.82, 2.24) is 25.0 Å². The molecule has 0 N–H and O–H groups in total. The van der Waals surface area contributed by atoms with E-state index >= 15 is 0 Å². The van der Waals surface area contributed by atoms with E-state index in [1.165, 1.54) is 0 Å². The second-order valence-corrected chi connectivity index (χ2v) is 6.97. The van der Waals surface area contributed by atoms with Crippen molar-refractivity contribution in [1.29, 1.82) is 0 Å². The van der Waals surface area contributed by atoms with E-state index in [1.54, 1.807) is 0 Å². The Labute approximate surface area is 151 Å². The van der Waals surface area contributed by atoms with Crippen LogP contribution in [0, 0.1) is 13.8 Å². The van der Waals surface area contributed by atoms with E-state index in [4.69, 9.17) is 4.74 Å². The summed E-state index contributed by atoms with van der Waals surface area (Å²) in [5.74, 6) is 0.769. The van der Waals surface area contributed by atoms with Crippen LogP contribution < -0.4 is 4.90 Å². The van der Waals surface area contributed by atoms with E-state index in [9.17, 15) is 0 Å². The van der Waals surface area contributed by atoms with Crippen LogP contribution in [0.3, 0.4) is 0 Å². The molecular formula is C19H20N6O. The molecule has 1 fully saturated rings. The van der Waals surface area contributed by atoms with Crippen molar-refractivity contribution in [2.75, 3.05) is 18.0 Å². The van der Waals surface area contributed by atoms with Crippen molar-refractivity contribution in [2.45, 2.75) is 32.6 Å². The summed E-state index contributed by atoms with van der Waals surface area (Å²) in [6.45, 7) is 6.07. The SMILES string of the molecule is Cc1cc(C)nc(N2CC3OCc4c(-c5ccccc5)nnn4[C@@H]3C2)n1. The average Bonchev–Trinajstić information content (AvgIpc) is 3.25. The van der Waals surface area contributed by atoms with Gasteiger partial charge in [0.2, 0.25) is 5.95 Å². The molecule has 5 rings (SSSR count). The summed E-state index contributed by atoms with van der Waals surface area (Å²) in [6.07, 6.45) is 0.0808. The highest BCUT2D eigenvalue weighted by Crippen LogP contribution is 2.35. The van der Waals surface area contributed by atoms with E-state index in [1.807, 2.05) is 42.8 Å². The summed E-state index contributed by atoms with van der Waals surface area (Å²) in [5, 5.41) is 8.90. The van der Waals surface area contributed by atoms with Crippen LogP contribution in [0.1, 0.15) is 23.1 Å². The second-order valence-electron chi connectivity index (χ2n) is 6.97. The van der Waals surface area contributed by atoms with Gasteiger partial charge in [0.25, 0.3) is 0 Å². The van der Waals surface area contributed by atoms with Crippen molar-refractivity contribution in [2.24, 2.45) is 0 Å². The van der Waals surface area contributed by atoms with Gasteiger partial charge in [0, 0.05) is 30.0 Å². The normalized spacial score (nSPS) is 21.5. The van der Waals surface area contributed by atoms with E-state index in [2.05, 4.69) is 37.3 Å². The third-order valence-corrected chi connectivity index (χ3v) is 5.08. The molecule has 7 heteroatoms. The molecule has 1 aromatic carbocycles. The lowest BCUT2D eigenvalue weighted by Crippen LogP contribution is -2.32. The number of hydrogen-bond donors (Lipinski definition) is 0. The van der Waals surface area contributed by atoms with Crippen molar-refractivity contribution in [3.8, 4) is 11.3 Å². The zero-order valence-corrected chi connectivity index (χ0v) is 14.8. The van der Waals surface area contributed by atoms with Gasteiger partial charge in [-0.15, -0.1) is 5.10 Å². The molecule has 0 radical (unpaired) electrons. The van der Waals surface area contributed by atoms with Crippen LogP contribution in [-0.2, 0) is 11.3 Å². The monoisotopic (exact) mass is 348 g/mol. The van der Waals surface area contributed by atoms with Crippen LogP contribution in [-0.4, -0.2) is 44.2 Å². The Hall–Kier alpha value is -2.80.